The van der Waals surface area contributed by atoms with E-state index < -0.39 is 0 Å². The Morgan fingerprint density at radius 1 is 1.12 bits per heavy atom. The van der Waals surface area contributed by atoms with Crippen molar-refractivity contribution in [2.24, 2.45) is 0 Å². The molecule has 1 aromatic heterocycles. The second-order valence-electron chi connectivity index (χ2n) is 4.20. The third kappa shape index (κ3) is 2.83. The molecule has 0 unspecified atom stereocenters. The lowest BCUT2D eigenvalue weighted by atomic mass is 10.1. The van der Waals surface area contributed by atoms with E-state index in [-0.39, 0.29) is 5.78 Å². The standard InChI is InChI=1S/C15H16OS/c1-3-4-13(16)15-10-9-14(17-15)12-7-5-11(2)6-8-12/h5-10H,3-4H2,1-2H3. The van der Waals surface area contributed by atoms with E-state index in [1.807, 2.05) is 19.1 Å². The molecule has 0 radical (unpaired) electrons. The van der Waals surface area contributed by atoms with Crippen molar-refractivity contribution in [3.63, 3.8) is 0 Å². The Bertz CT molecular complexity index is 508. The molecule has 0 saturated carbocycles. The molecule has 0 spiro atoms. The van der Waals surface area contributed by atoms with Gasteiger partial charge in [-0.1, -0.05) is 36.8 Å². The fourth-order valence-electron chi connectivity index (χ4n) is 1.71. The predicted molar refractivity (Wildman–Crippen MR) is 73.7 cm³/mol. The van der Waals surface area contributed by atoms with Gasteiger partial charge in [-0.25, -0.2) is 0 Å². The van der Waals surface area contributed by atoms with Crippen molar-refractivity contribution in [1.82, 2.24) is 0 Å². The molecule has 2 rings (SSSR count). The molecule has 0 aliphatic rings. The number of aryl methyl sites for hydroxylation is 1. The van der Waals surface area contributed by atoms with Crippen LogP contribution in [0.15, 0.2) is 36.4 Å². The molecule has 88 valence electrons. The number of ketones is 1. The highest BCUT2D eigenvalue weighted by molar-refractivity contribution is 7.17. The average Bonchev–Trinajstić information content (AvgIpc) is 2.80. The van der Waals surface area contributed by atoms with Crippen LogP contribution in [0.1, 0.15) is 35.0 Å². The van der Waals surface area contributed by atoms with Crippen LogP contribution < -0.4 is 0 Å². The Morgan fingerprint density at radius 2 is 1.82 bits per heavy atom. The van der Waals surface area contributed by atoms with E-state index >= 15 is 0 Å². The van der Waals surface area contributed by atoms with Gasteiger partial charge in [0.1, 0.15) is 0 Å². The van der Waals surface area contributed by atoms with Crippen LogP contribution >= 0.6 is 11.3 Å². The molecular weight excluding hydrogens is 228 g/mol. The van der Waals surface area contributed by atoms with Crippen molar-refractivity contribution in [3.05, 3.63) is 46.8 Å². The quantitative estimate of drug-likeness (QED) is 0.712. The molecule has 1 heterocycles. The molecule has 2 aromatic rings. The van der Waals surface area contributed by atoms with Gasteiger partial charge in [-0.15, -0.1) is 11.3 Å². The maximum Gasteiger partial charge on any atom is 0.172 e. The molecule has 0 saturated heterocycles. The number of carbonyl (C=O) groups is 1. The minimum Gasteiger partial charge on any atom is -0.293 e. The molecule has 0 aliphatic heterocycles. The molecule has 1 nitrogen and oxygen atoms in total. The van der Waals surface area contributed by atoms with Gasteiger partial charge in [0, 0.05) is 11.3 Å². The molecule has 0 amide bonds. The average molecular weight is 244 g/mol. The van der Waals surface area contributed by atoms with Gasteiger partial charge in [0.2, 0.25) is 0 Å². The van der Waals surface area contributed by atoms with Crippen molar-refractivity contribution < 1.29 is 4.79 Å². The molecule has 17 heavy (non-hydrogen) atoms. The lowest BCUT2D eigenvalue weighted by Crippen LogP contribution is -1.93. The summed E-state index contributed by atoms with van der Waals surface area (Å²) in [6.07, 6.45) is 1.56. The summed E-state index contributed by atoms with van der Waals surface area (Å²) >= 11 is 1.59. The maximum atomic E-state index is 11.8. The number of benzene rings is 1. The van der Waals surface area contributed by atoms with Crippen molar-refractivity contribution >= 4 is 17.1 Å². The summed E-state index contributed by atoms with van der Waals surface area (Å²) < 4.78 is 0. The van der Waals surface area contributed by atoms with Gasteiger partial charge in [0.05, 0.1) is 4.88 Å². The van der Waals surface area contributed by atoms with E-state index in [9.17, 15) is 4.79 Å². The molecule has 2 heteroatoms. The largest absolute Gasteiger partial charge is 0.293 e. The first-order chi connectivity index (χ1) is 8.20. The molecular formula is C15H16OS. The number of rotatable bonds is 4. The summed E-state index contributed by atoms with van der Waals surface area (Å²) in [5, 5.41) is 0. The monoisotopic (exact) mass is 244 g/mol. The molecule has 0 fully saturated rings. The third-order valence-electron chi connectivity index (χ3n) is 2.69. The number of carbonyl (C=O) groups excluding carboxylic acids is 1. The summed E-state index contributed by atoms with van der Waals surface area (Å²) in [5.41, 5.74) is 2.45. The van der Waals surface area contributed by atoms with E-state index in [1.165, 1.54) is 16.0 Å². The highest BCUT2D eigenvalue weighted by Crippen LogP contribution is 2.29. The van der Waals surface area contributed by atoms with Gasteiger partial charge in [-0.3, -0.25) is 4.79 Å². The smallest absolute Gasteiger partial charge is 0.172 e. The summed E-state index contributed by atoms with van der Waals surface area (Å²) in [4.78, 5) is 13.8. The van der Waals surface area contributed by atoms with E-state index in [0.717, 1.165) is 11.3 Å². The first kappa shape index (κ1) is 12.1. The Morgan fingerprint density at radius 3 is 2.47 bits per heavy atom. The first-order valence-corrected chi connectivity index (χ1v) is 6.72. The fourth-order valence-corrected chi connectivity index (χ4v) is 2.69. The van der Waals surface area contributed by atoms with Gasteiger partial charge in [-0.2, -0.15) is 0 Å². The molecule has 0 N–H and O–H groups in total. The fraction of sp³-hybridized carbons (Fsp3) is 0.267. The number of thiophene rings is 1. The Hall–Kier alpha value is -1.41. The van der Waals surface area contributed by atoms with Crippen LogP contribution in [0.4, 0.5) is 0 Å². The minimum absolute atomic E-state index is 0.260. The van der Waals surface area contributed by atoms with E-state index in [2.05, 4.69) is 31.2 Å². The zero-order chi connectivity index (χ0) is 12.3. The van der Waals surface area contributed by atoms with Gasteiger partial charge in [-0.05, 0) is 31.0 Å². The maximum absolute atomic E-state index is 11.8. The normalized spacial score (nSPS) is 10.5. The van der Waals surface area contributed by atoms with E-state index in [0.29, 0.717) is 6.42 Å². The highest BCUT2D eigenvalue weighted by atomic mass is 32.1. The van der Waals surface area contributed by atoms with Crippen LogP contribution in [0.3, 0.4) is 0 Å². The Labute approximate surface area is 106 Å². The topological polar surface area (TPSA) is 17.1 Å². The molecule has 0 atom stereocenters. The zero-order valence-corrected chi connectivity index (χ0v) is 11.0. The summed E-state index contributed by atoms with van der Waals surface area (Å²) in [7, 11) is 0. The van der Waals surface area contributed by atoms with Crippen LogP contribution in [0, 0.1) is 6.92 Å². The molecule has 0 aliphatic carbocycles. The minimum atomic E-state index is 0.260. The second-order valence-corrected chi connectivity index (χ2v) is 5.29. The first-order valence-electron chi connectivity index (χ1n) is 5.91. The second kappa shape index (κ2) is 5.28. The van der Waals surface area contributed by atoms with Gasteiger partial charge >= 0.3 is 0 Å². The van der Waals surface area contributed by atoms with Crippen LogP contribution in [0.5, 0.6) is 0 Å². The van der Waals surface area contributed by atoms with Crippen LogP contribution in [-0.2, 0) is 0 Å². The van der Waals surface area contributed by atoms with Crippen LogP contribution in [0.2, 0.25) is 0 Å². The van der Waals surface area contributed by atoms with Crippen molar-refractivity contribution in [3.8, 4) is 10.4 Å². The van der Waals surface area contributed by atoms with Gasteiger partial charge in [0.15, 0.2) is 5.78 Å². The van der Waals surface area contributed by atoms with Crippen molar-refractivity contribution in [2.75, 3.05) is 0 Å². The van der Waals surface area contributed by atoms with Crippen molar-refractivity contribution in [2.45, 2.75) is 26.7 Å². The lowest BCUT2D eigenvalue weighted by Gasteiger charge is -1.97. The Kier molecular flexibility index (Phi) is 3.75. The number of Topliss-reactive ketones (excluding diaryl/α,β-unsaturated/α-hetero) is 1. The van der Waals surface area contributed by atoms with E-state index in [4.69, 9.17) is 0 Å². The Balaban J connectivity index is 2.23. The summed E-state index contributed by atoms with van der Waals surface area (Å²) in [5.74, 6) is 0.260. The van der Waals surface area contributed by atoms with Crippen LogP contribution in [0.25, 0.3) is 10.4 Å². The summed E-state index contributed by atoms with van der Waals surface area (Å²) in [6.45, 7) is 4.11. The SMILES string of the molecule is CCCC(=O)c1ccc(-c2ccc(C)cc2)s1. The lowest BCUT2D eigenvalue weighted by molar-refractivity contribution is 0.0985. The van der Waals surface area contributed by atoms with Gasteiger partial charge in [0.25, 0.3) is 0 Å². The number of hydrogen-bond donors (Lipinski definition) is 0. The number of hydrogen-bond acceptors (Lipinski definition) is 2. The molecule has 1 aromatic carbocycles. The van der Waals surface area contributed by atoms with Crippen LogP contribution in [-0.4, -0.2) is 5.78 Å². The summed E-state index contributed by atoms with van der Waals surface area (Å²) in [6, 6.07) is 12.4. The van der Waals surface area contributed by atoms with Gasteiger partial charge < -0.3 is 0 Å². The van der Waals surface area contributed by atoms with Crippen molar-refractivity contribution in [1.29, 1.82) is 0 Å². The molecule has 0 bridgehead atoms. The third-order valence-corrected chi connectivity index (χ3v) is 3.87. The van der Waals surface area contributed by atoms with E-state index in [1.54, 1.807) is 11.3 Å². The highest BCUT2D eigenvalue weighted by Gasteiger charge is 2.09. The zero-order valence-electron chi connectivity index (χ0n) is 10.2. The predicted octanol–water partition coefficient (Wildman–Crippen LogP) is 4.71.